The Balaban J connectivity index is 0.000000399. The number of alkyl halides is 1. The Labute approximate surface area is 116 Å². The lowest BCUT2D eigenvalue weighted by molar-refractivity contribution is 0.386. The van der Waals surface area contributed by atoms with Crippen LogP contribution >= 0.6 is 16.8 Å². The molecule has 0 heterocycles. The highest BCUT2D eigenvalue weighted by Crippen LogP contribution is 2.35. The van der Waals surface area contributed by atoms with Crippen molar-refractivity contribution in [3.63, 3.8) is 0 Å². The fourth-order valence-corrected chi connectivity index (χ4v) is 1.88. The van der Waals surface area contributed by atoms with E-state index in [-0.39, 0.29) is 6.67 Å². The highest BCUT2D eigenvalue weighted by molar-refractivity contribution is 7.55. The molecular weight excluding hydrogens is 285 g/mol. The van der Waals surface area contributed by atoms with E-state index in [4.69, 9.17) is 9.79 Å². The molecule has 0 spiro atoms. The largest absolute Gasteiger partial charge is 0.348 e. The molecule has 0 amide bonds. The van der Waals surface area contributed by atoms with Crippen LogP contribution < -0.4 is 5.30 Å². The van der Waals surface area contributed by atoms with Crippen LogP contribution in [0.3, 0.4) is 0 Å². The fraction of sp³-hybridized carbons (Fsp3) is 0.385. The van der Waals surface area contributed by atoms with Gasteiger partial charge in [-0.1, -0.05) is 30.3 Å². The van der Waals surface area contributed by atoms with Crippen molar-refractivity contribution < 1.29 is 18.7 Å². The molecule has 0 fully saturated rings. The molecule has 0 aliphatic carbocycles. The summed E-state index contributed by atoms with van der Waals surface area (Å²) < 4.78 is 21.6. The summed E-state index contributed by atoms with van der Waals surface area (Å²) in [7, 11) is -1.20. The van der Waals surface area contributed by atoms with Gasteiger partial charge in [0.15, 0.2) is 0 Å². The summed E-state index contributed by atoms with van der Waals surface area (Å²) >= 11 is 0. The first-order valence-corrected chi connectivity index (χ1v) is 8.24. The third kappa shape index (κ3) is 12.3. The van der Waals surface area contributed by atoms with E-state index in [9.17, 15) is 8.96 Å². The third-order valence-corrected chi connectivity index (χ3v) is 3.24. The van der Waals surface area contributed by atoms with E-state index in [0.29, 0.717) is 6.42 Å². The fourth-order valence-electron chi connectivity index (χ4n) is 1.30. The maximum atomic E-state index is 11.8. The molecule has 0 bridgehead atoms. The molecule has 6 heteroatoms. The van der Waals surface area contributed by atoms with E-state index < -0.39 is 7.60 Å². The number of allylic oxidation sites excluding steroid dienone is 1. The van der Waals surface area contributed by atoms with E-state index in [1.807, 2.05) is 0 Å². The van der Waals surface area contributed by atoms with E-state index >= 15 is 0 Å². The maximum Gasteiger partial charge on any atom is 0.348 e. The normalized spacial score (nSPS) is 11.2. The van der Waals surface area contributed by atoms with Gasteiger partial charge < -0.3 is 9.79 Å². The van der Waals surface area contributed by atoms with Crippen molar-refractivity contribution in [3.05, 3.63) is 41.7 Å². The molecule has 3 nitrogen and oxygen atoms in total. The molecule has 0 aliphatic heterocycles. The van der Waals surface area contributed by atoms with Crippen LogP contribution in [0.25, 0.3) is 0 Å². The SMILES string of the molecule is C/C=C/P(=O)(O)O.FCCCCc1ccc(P)cc1. The van der Waals surface area contributed by atoms with Crippen molar-refractivity contribution in [3.8, 4) is 0 Å². The molecule has 1 aromatic carbocycles. The standard InChI is InChI=1S/C10H14FP.C3H7O3P/c11-8-2-1-3-9-4-6-10(12)7-5-9;1-2-3-7(4,5)6/h4-7H,1-3,8,12H2;2-3H,1H3,(H2,4,5,6)/b;3-2+. The highest BCUT2D eigenvalue weighted by atomic mass is 31.2. The van der Waals surface area contributed by atoms with Crippen LogP contribution in [-0.2, 0) is 11.0 Å². The van der Waals surface area contributed by atoms with Crippen LogP contribution in [0, 0.1) is 0 Å². The average Bonchev–Trinajstić information content (AvgIpc) is 2.31. The van der Waals surface area contributed by atoms with E-state index in [2.05, 4.69) is 33.5 Å². The Bertz CT molecular complexity index is 412. The number of halogens is 1. The molecule has 1 aromatic rings. The van der Waals surface area contributed by atoms with E-state index in [0.717, 1.165) is 18.7 Å². The van der Waals surface area contributed by atoms with Gasteiger partial charge >= 0.3 is 7.60 Å². The van der Waals surface area contributed by atoms with Gasteiger partial charge in [-0.15, -0.1) is 9.24 Å². The Morgan fingerprint density at radius 3 is 2.21 bits per heavy atom. The van der Waals surface area contributed by atoms with Crippen LogP contribution in [-0.4, -0.2) is 16.5 Å². The van der Waals surface area contributed by atoms with Crippen LogP contribution in [0.5, 0.6) is 0 Å². The molecule has 0 radical (unpaired) electrons. The minimum absolute atomic E-state index is 0.193. The number of rotatable bonds is 5. The zero-order valence-corrected chi connectivity index (χ0v) is 13.0. The van der Waals surface area contributed by atoms with Gasteiger partial charge in [-0.25, -0.2) is 0 Å². The zero-order chi connectivity index (χ0) is 14.7. The maximum absolute atomic E-state index is 11.8. The Kier molecular flexibility index (Phi) is 9.99. The van der Waals surface area contributed by atoms with E-state index in [1.54, 1.807) is 6.92 Å². The second-order valence-electron chi connectivity index (χ2n) is 3.96. The first-order valence-electron chi connectivity index (χ1n) is 5.98. The topological polar surface area (TPSA) is 57.5 Å². The summed E-state index contributed by atoms with van der Waals surface area (Å²) in [6, 6.07) is 8.33. The molecule has 19 heavy (non-hydrogen) atoms. The molecule has 0 aliphatic rings. The number of aryl methyl sites for hydroxylation is 1. The predicted molar refractivity (Wildman–Crippen MR) is 81.6 cm³/mol. The molecule has 1 unspecified atom stereocenters. The molecule has 2 N–H and O–H groups in total. The van der Waals surface area contributed by atoms with Gasteiger partial charge in [-0.3, -0.25) is 8.96 Å². The molecule has 0 aromatic heterocycles. The first-order chi connectivity index (χ1) is 8.89. The van der Waals surface area contributed by atoms with Crippen LogP contribution in [0.4, 0.5) is 4.39 Å². The van der Waals surface area contributed by atoms with Gasteiger partial charge in [-0.2, -0.15) is 0 Å². The molecule has 0 saturated heterocycles. The molecule has 1 rings (SSSR count). The van der Waals surface area contributed by atoms with Gasteiger partial charge in [0.25, 0.3) is 0 Å². The summed E-state index contributed by atoms with van der Waals surface area (Å²) in [6.07, 6.45) is 3.95. The zero-order valence-electron chi connectivity index (χ0n) is 11.0. The first kappa shape index (κ1) is 18.5. The Morgan fingerprint density at radius 2 is 1.84 bits per heavy atom. The number of unbranched alkanes of at least 4 members (excludes halogenated alkanes) is 1. The van der Waals surface area contributed by atoms with Gasteiger partial charge in [0.05, 0.1) is 6.67 Å². The monoisotopic (exact) mass is 306 g/mol. The molecule has 1 atom stereocenters. The number of benzene rings is 1. The number of hydrogen-bond acceptors (Lipinski definition) is 1. The van der Waals surface area contributed by atoms with Crippen molar-refractivity contribution in [2.24, 2.45) is 0 Å². The average molecular weight is 306 g/mol. The van der Waals surface area contributed by atoms with Crippen molar-refractivity contribution in [2.75, 3.05) is 6.67 Å². The summed E-state index contributed by atoms with van der Waals surface area (Å²) in [4.78, 5) is 16.1. The number of hydrogen-bond donors (Lipinski definition) is 2. The smallest absolute Gasteiger partial charge is 0.321 e. The van der Waals surface area contributed by atoms with Crippen LogP contribution in [0.2, 0.25) is 0 Å². The second kappa shape index (κ2) is 10.3. The Morgan fingerprint density at radius 1 is 1.26 bits per heavy atom. The van der Waals surface area contributed by atoms with Crippen molar-refractivity contribution in [1.29, 1.82) is 0 Å². The van der Waals surface area contributed by atoms with Crippen molar-refractivity contribution >= 4 is 22.1 Å². The van der Waals surface area contributed by atoms with Gasteiger partial charge in [-0.05, 0) is 37.1 Å². The minimum Gasteiger partial charge on any atom is -0.321 e. The lowest BCUT2D eigenvalue weighted by Crippen LogP contribution is -1.91. The Hall–Kier alpha value is -0.530. The highest BCUT2D eigenvalue weighted by Gasteiger charge is 2.02. The van der Waals surface area contributed by atoms with Crippen molar-refractivity contribution in [2.45, 2.75) is 26.2 Å². The van der Waals surface area contributed by atoms with Gasteiger partial charge in [0.1, 0.15) is 0 Å². The van der Waals surface area contributed by atoms with Crippen LogP contribution in [0.1, 0.15) is 25.3 Å². The van der Waals surface area contributed by atoms with E-state index in [1.165, 1.54) is 16.9 Å². The molecule has 108 valence electrons. The lowest BCUT2D eigenvalue weighted by atomic mass is 10.1. The second-order valence-corrected chi connectivity index (χ2v) is 6.10. The molecular formula is C13H21FO3P2. The summed E-state index contributed by atoms with van der Waals surface area (Å²) in [5.41, 5.74) is 1.30. The van der Waals surface area contributed by atoms with Gasteiger partial charge in [0.2, 0.25) is 0 Å². The summed E-state index contributed by atoms with van der Waals surface area (Å²) in [5, 5.41) is 1.20. The quantitative estimate of drug-likeness (QED) is 0.649. The predicted octanol–water partition coefficient (Wildman–Crippen LogP) is 3.18. The lowest BCUT2D eigenvalue weighted by Gasteiger charge is -1.99. The van der Waals surface area contributed by atoms with Gasteiger partial charge in [0, 0.05) is 5.82 Å². The van der Waals surface area contributed by atoms with Crippen molar-refractivity contribution in [1.82, 2.24) is 0 Å². The summed E-state index contributed by atoms with van der Waals surface area (Å²) in [5.74, 6) is 0.854. The molecule has 0 saturated carbocycles. The van der Waals surface area contributed by atoms with Crippen LogP contribution in [0.15, 0.2) is 36.2 Å². The third-order valence-electron chi connectivity index (χ3n) is 2.17. The summed E-state index contributed by atoms with van der Waals surface area (Å²) in [6.45, 7) is 1.36. The minimum atomic E-state index is -3.85.